The van der Waals surface area contributed by atoms with Crippen LogP contribution in [0.25, 0.3) is 0 Å². The molecule has 0 aliphatic heterocycles. The highest BCUT2D eigenvalue weighted by molar-refractivity contribution is 7.89. The Hall–Kier alpha value is -2.26. The van der Waals surface area contributed by atoms with Crippen molar-refractivity contribution in [3.05, 3.63) is 42.0 Å². The van der Waals surface area contributed by atoms with Crippen LogP contribution in [0.15, 0.2) is 35.5 Å². The van der Waals surface area contributed by atoms with Crippen molar-refractivity contribution in [2.24, 2.45) is 5.92 Å². The second-order valence-electron chi connectivity index (χ2n) is 7.85. The lowest BCUT2D eigenvalue weighted by atomic mass is 10.2. The zero-order valence-corrected chi connectivity index (χ0v) is 18.3. The molecule has 0 radical (unpaired) electrons. The lowest BCUT2D eigenvalue weighted by Crippen LogP contribution is -2.36. The third-order valence-corrected chi connectivity index (χ3v) is 7.34. The summed E-state index contributed by atoms with van der Waals surface area (Å²) in [5.41, 5.74) is 1.14. The summed E-state index contributed by atoms with van der Waals surface area (Å²) in [7, 11) is 3.29. The molecule has 9 heteroatoms. The van der Waals surface area contributed by atoms with Gasteiger partial charge in [0.05, 0.1) is 10.6 Å². The summed E-state index contributed by atoms with van der Waals surface area (Å²) < 4.78 is 41.8. The molecule has 0 bridgehead atoms. The second-order valence-corrected chi connectivity index (χ2v) is 9.85. The van der Waals surface area contributed by atoms with Gasteiger partial charge in [-0.15, -0.1) is 0 Å². The molecule has 2 aromatic rings. The highest BCUT2D eigenvalue weighted by atomic mass is 32.2. The summed E-state index contributed by atoms with van der Waals surface area (Å²) >= 11 is 0. The van der Waals surface area contributed by atoms with E-state index in [9.17, 15) is 12.8 Å². The summed E-state index contributed by atoms with van der Waals surface area (Å²) in [5.74, 6) is 0.416. The minimum absolute atomic E-state index is 0.0270. The monoisotopic (exact) mass is 421 g/mol. The Kier molecular flexibility index (Phi) is 6.09. The highest BCUT2D eigenvalue weighted by Gasteiger charge is 2.36. The smallest absolute Gasteiger partial charge is 0.243 e. The molecule has 1 aromatic carbocycles. The number of aromatic nitrogens is 2. The Morgan fingerprint density at radius 3 is 2.28 bits per heavy atom. The van der Waals surface area contributed by atoms with E-state index >= 15 is 0 Å². The molecule has 1 aliphatic rings. The van der Waals surface area contributed by atoms with Crippen LogP contribution in [0, 0.1) is 11.7 Å². The average molecular weight is 422 g/mol. The van der Waals surface area contributed by atoms with Gasteiger partial charge in [0.1, 0.15) is 5.82 Å². The lowest BCUT2D eigenvalue weighted by molar-refractivity contribution is 0.357. The van der Waals surface area contributed by atoms with Gasteiger partial charge in [-0.3, -0.25) is 0 Å². The Bertz CT molecular complexity index is 961. The van der Waals surface area contributed by atoms with E-state index in [2.05, 4.69) is 9.97 Å². The Morgan fingerprint density at radius 1 is 1.14 bits per heavy atom. The molecule has 1 heterocycles. The molecule has 1 fully saturated rings. The Morgan fingerprint density at radius 2 is 1.76 bits per heavy atom. The van der Waals surface area contributed by atoms with E-state index in [1.807, 2.05) is 21.0 Å². The molecule has 0 spiro atoms. The summed E-state index contributed by atoms with van der Waals surface area (Å²) in [6, 6.07) is 3.98. The van der Waals surface area contributed by atoms with Gasteiger partial charge in [0, 0.05) is 58.7 Å². The van der Waals surface area contributed by atoms with Crippen LogP contribution in [0.5, 0.6) is 0 Å². The first-order valence-electron chi connectivity index (χ1n) is 9.58. The second kappa shape index (κ2) is 8.23. The standard InChI is InChI=1S/C20H28FN5O2S/c1-14(16-6-7-16)26(5)29(27,28)17-8-9-19(18(21)10-17)25(4)13-15-11-22-20(23-12-15)24(2)3/h8-12,14,16H,6-7,13H2,1-5H3. The van der Waals surface area contributed by atoms with E-state index in [-0.39, 0.29) is 10.9 Å². The van der Waals surface area contributed by atoms with Crippen molar-refractivity contribution in [3.63, 3.8) is 0 Å². The molecule has 1 atom stereocenters. The third-order valence-electron chi connectivity index (χ3n) is 5.40. The van der Waals surface area contributed by atoms with Crippen molar-refractivity contribution in [3.8, 4) is 0 Å². The topological polar surface area (TPSA) is 69.6 Å². The van der Waals surface area contributed by atoms with Crippen molar-refractivity contribution in [1.29, 1.82) is 0 Å². The summed E-state index contributed by atoms with van der Waals surface area (Å²) in [5, 5.41) is 0. The number of rotatable bonds is 8. The molecule has 7 nitrogen and oxygen atoms in total. The molecular weight excluding hydrogens is 393 g/mol. The molecule has 3 rings (SSSR count). The molecule has 0 N–H and O–H groups in total. The summed E-state index contributed by atoms with van der Waals surface area (Å²) in [4.78, 5) is 12.0. The normalized spacial score (nSPS) is 15.4. The van der Waals surface area contributed by atoms with Gasteiger partial charge >= 0.3 is 0 Å². The fraction of sp³-hybridized carbons (Fsp3) is 0.500. The first kappa shape index (κ1) is 21.4. The molecule has 158 valence electrons. The van der Waals surface area contributed by atoms with Crippen LogP contribution in [-0.4, -0.2) is 56.9 Å². The minimum atomic E-state index is -3.73. The van der Waals surface area contributed by atoms with Gasteiger partial charge in [-0.2, -0.15) is 4.31 Å². The average Bonchev–Trinajstić information content (AvgIpc) is 3.52. The molecule has 1 aliphatic carbocycles. The number of benzene rings is 1. The van der Waals surface area contributed by atoms with E-state index in [1.54, 1.807) is 36.3 Å². The number of anilines is 2. The van der Waals surface area contributed by atoms with Crippen LogP contribution in [0.2, 0.25) is 0 Å². The van der Waals surface area contributed by atoms with Gasteiger partial charge in [0.15, 0.2) is 0 Å². The quantitative estimate of drug-likeness (QED) is 0.653. The van der Waals surface area contributed by atoms with E-state index in [0.29, 0.717) is 24.1 Å². The molecular formula is C20H28FN5O2S. The largest absolute Gasteiger partial charge is 0.368 e. The van der Waals surface area contributed by atoms with Gasteiger partial charge in [0.2, 0.25) is 16.0 Å². The molecule has 0 saturated heterocycles. The molecule has 0 amide bonds. The lowest BCUT2D eigenvalue weighted by Gasteiger charge is -2.25. The SMILES string of the molecule is CC(C1CC1)N(C)S(=O)(=O)c1ccc(N(C)Cc2cnc(N(C)C)nc2)c(F)c1. The van der Waals surface area contributed by atoms with Gasteiger partial charge in [-0.25, -0.2) is 22.8 Å². The predicted molar refractivity (Wildman–Crippen MR) is 112 cm³/mol. The van der Waals surface area contributed by atoms with Gasteiger partial charge in [-0.1, -0.05) is 0 Å². The van der Waals surface area contributed by atoms with Crippen LogP contribution in [0.4, 0.5) is 16.0 Å². The molecule has 1 unspecified atom stereocenters. The number of halogens is 1. The van der Waals surface area contributed by atoms with Crippen molar-refractivity contribution < 1.29 is 12.8 Å². The maximum atomic E-state index is 14.8. The van der Waals surface area contributed by atoms with E-state index in [4.69, 9.17) is 0 Å². The first-order valence-corrected chi connectivity index (χ1v) is 11.0. The molecule has 1 aromatic heterocycles. The number of sulfonamides is 1. The predicted octanol–water partition coefficient (Wildman–Crippen LogP) is 2.74. The molecule has 29 heavy (non-hydrogen) atoms. The van der Waals surface area contributed by atoms with Crippen LogP contribution in [0.3, 0.4) is 0 Å². The zero-order valence-electron chi connectivity index (χ0n) is 17.5. The highest BCUT2D eigenvalue weighted by Crippen LogP contribution is 2.36. The van der Waals surface area contributed by atoms with Crippen molar-refractivity contribution >= 4 is 21.7 Å². The number of nitrogens with zero attached hydrogens (tertiary/aromatic N) is 5. The van der Waals surface area contributed by atoms with Crippen LogP contribution in [0.1, 0.15) is 25.3 Å². The van der Waals surface area contributed by atoms with Crippen molar-refractivity contribution in [2.45, 2.75) is 37.2 Å². The summed E-state index contributed by atoms with van der Waals surface area (Å²) in [6.45, 7) is 2.30. The number of hydrogen-bond donors (Lipinski definition) is 0. The van der Waals surface area contributed by atoms with E-state index in [0.717, 1.165) is 24.5 Å². The van der Waals surface area contributed by atoms with Crippen molar-refractivity contribution in [2.75, 3.05) is 38.0 Å². The van der Waals surface area contributed by atoms with Gasteiger partial charge < -0.3 is 9.80 Å². The van der Waals surface area contributed by atoms with Crippen LogP contribution in [-0.2, 0) is 16.6 Å². The fourth-order valence-electron chi connectivity index (χ4n) is 3.24. The third kappa shape index (κ3) is 4.67. The maximum absolute atomic E-state index is 14.8. The van der Waals surface area contributed by atoms with Crippen LogP contribution >= 0.6 is 0 Å². The van der Waals surface area contributed by atoms with Gasteiger partial charge in [0.25, 0.3) is 0 Å². The van der Waals surface area contributed by atoms with E-state index in [1.165, 1.54) is 16.4 Å². The summed E-state index contributed by atoms with van der Waals surface area (Å²) in [6.07, 6.45) is 5.48. The zero-order chi connectivity index (χ0) is 21.3. The van der Waals surface area contributed by atoms with Crippen LogP contribution < -0.4 is 9.80 Å². The van der Waals surface area contributed by atoms with Gasteiger partial charge in [-0.05, 0) is 43.9 Å². The first-order chi connectivity index (χ1) is 13.6. The number of hydrogen-bond acceptors (Lipinski definition) is 6. The maximum Gasteiger partial charge on any atom is 0.243 e. The fourth-order valence-corrected chi connectivity index (χ4v) is 4.67. The Labute approximate surface area is 172 Å². The minimum Gasteiger partial charge on any atom is -0.368 e. The van der Waals surface area contributed by atoms with E-state index < -0.39 is 15.8 Å². The van der Waals surface area contributed by atoms with Crippen molar-refractivity contribution in [1.82, 2.24) is 14.3 Å². The molecule has 1 saturated carbocycles. The Balaban J connectivity index is 1.76.